The molecule has 0 radical (unpaired) electrons. The Morgan fingerprint density at radius 3 is 2.60 bits per heavy atom. The fraction of sp³-hybridized carbons (Fsp3) is 0.267. The first kappa shape index (κ1) is 12.8. The van der Waals surface area contributed by atoms with Gasteiger partial charge in [-0.2, -0.15) is 0 Å². The maximum atomic E-state index is 13.9. The molecule has 20 heavy (non-hydrogen) atoms. The third kappa shape index (κ3) is 2.19. The van der Waals surface area contributed by atoms with Crippen molar-refractivity contribution in [2.24, 2.45) is 0 Å². The summed E-state index contributed by atoms with van der Waals surface area (Å²) in [4.78, 5) is 0. The molecule has 0 N–H and O–H groups in total. The Labute approximate surface area is 114 Å². The minimum absolute atomic E-state index is 0.168. The van der Waals surface area contributed by atoms with Gasteiger partial charge in [-0.05, 0) is 31.1 Å². The highest BCUT2D eigenvalue weighted by Crippen LogP contribution is 2.44. The van der Waals surface area contributed by atoms with E-state index in [-0.39, 0.29) is 17.2 Å². The number of benzene rings is 1. The average molecular weight is 277 g/mol. The summed E-state index contributed by atoms with van der Waals surface area (Å²) < 4.78 is 37.9. The number of rotatable bonds is 4. The molecule has 1 aliphatic carbocycles. The molecular formula is C15H13F2NO2. The number of nitrogens with zero attached hydrogens (tertiary/aromatic N) is 1. The fourth-order valence-electron chi connectivity index (χ4n) is 2.15. The summed E-state index contributed by atoms with van der Waals surface area (Å²) >= 11 is 0. The van der Waals surface area contributed by atoms with E-state index in [1.807, 2.05) is 0 Å². The smallest absolute Gasteiger partial charge is 0.147 e. The molecule has 0 aliphatic heterocycles. The molecule has 2 aromatic rings. The molecule has 5 heteroatoms. The first-order chi connectivity index (χ1) is 9.72. The van der Waals surface area contributed by atoms with Crippen molar-refractivity contribution in [2.45, 2.75) is 18.8 Å². The van der Waals surface area contributed by atoms with Crippen molar-refractivity contribution < 1.29 is 18.0 Å². The van der Waals surface area contributed by atoms with Gasteiger partial charge in [-0.25, -0.2) is 8.78 Å². The Bertz CT molecular complexity index is 640. The lowest BCUT2D eigenvalue weighted by atomic mass is 10.0. The van der Waals surface area contributed by atoms with Crippen LogP contribution in [0.3, 0.4) is 0 Å². The van der Waals surface area contributed by atoms with Gasteiger partial charge in [0, 0.05) is 11.5 Å². The Morgan fingerprint density at radius 1 is 1.30 bits per heavy atom. The minimum atomic E-state index is -0.660. The van der Waals surface area contributed by atoms with E-state index in [9.17, 15) is 8.78 Å². The number of ether oxygens (including phenoxy) is 1. The lowest BCUT2D eigenvalue weighted by Gasteiger charge is -2.02. The van der Waals surface area contributed by atoms with Crippen molar-refractivity contribution in [1.29, 1.82) is 0 Å². The fourth-order valence-corrected chi connectivity index (χ4v) is 2.15. The van der Waals surface area contributed by atoms with Crippen LogP contribution in [0.5, 0.6) is 0 Å². The maximum absolute atomic E-state index is 13.9. The van der Waals surface area contributed by atoms with E-state index in [1.54, 1.807) is 6.08 Å². The number of hydrogen-bond donors (Lipinski definition) is 0. The number of hydrogen-bond acceptors (Lipinski definition) is 3. The van der Waals surface area contributed by atoms with Crippen LogP contribution >= 0.6 is 0 Å². The van der Waals surface area contributed by atoms with Gasteiger partial charge in [0.25, 0.3) is 0 Å². The van der Waals surface area contributed by atoms with Crippen LogP contribution in [0.1, 0.15) is 30.1 Å². The van der Waals surface area contributed by atoms with Crippen LogP contribution in [-0.4, -0.2) is 12.3 Å². The molecule has 0 spiro atoms. The van der Waals surface area contributed by atoms with Gasteiger partial charge in [0.1, 0.15) is 23.1 Å². The molecule has 0 amide bonds. The molecule has 0 atom stereocenters. The van der Waals surface area contributed by atoms with E-state index in [2.05, 4.69) is 5.16 Å². The van der Waals surface area contributed by atoms with Gasteiger partial charge in [0.2, 0.25) is 0 Å². The van der Waals surface area contributed by atoms with Gasteiger partial charge in [0.15, 0.2) is 0 Å². The van der Waals surface area contributed by atoms with Gasteiger partial charge >= 0.3 is 0 Å². The predicted molar refractivity (Wildman–Crippen MR) is 69.9 cm³/mol. The molecule has 0 saturated heterocycles. The molecular weight excluding hydrogens is 264 g/mol. The molecule has 1 heterocycles. The second-order valence-corrected chi connectivity index (χ2v) is 4.72. The lowest BCUT2D eigenvalue weighted by Crippen LogP contribution is -1.92. The first-order valence-electron chi connectivity index (χ1n) is 6.35. The Balaban J connectivity index is 2.16. The van der Waals surface area contributed by atoms with Gasteiger partial charge in [0.05, 0.1) is 18.9 Å². The standard InChI is InChI=1S/C15H13F2NO2/c1-19-8-7-10-14(18-20-15(10)9-5-6-9)13-11(16)3-2-4-12(13)17/h2-4,7-9H,5-6H2,1H3/b8-7+. The summed E-state index contributed by atoms with van der Waals surface area (Å²) in [6.45, 7) is 0. The van der Waals surface area contributed by atoms with Crippen LogP contribution in [-0.2, 0) is 4.74 Å². The molecule has 104 valence electrons. The molecule has 1 saturated carbocycles. The van der Waals surface area contributed by atoms with Crippen LogP contribution < -0.4 is 0 Å². The number of halogens is 2. The zero-order valence-electron chi connectivity index (χ0n) is 10.9. The molecule has 1 aromatic heterocycles. The second-order valence-electron chi connectivity index (χ2n) is 4.72. The summed E-state index contributed by atoms with van der Waals surface area (Å²) in [5.41, 5.74) is 0.591. The summed E-state index contributed by atoms with van der Waals surface area (Å²) in [5.74, 6) is -0.376. The third-order valence-electron chi connectivity index (χ3n) is 3.27. The van der Waals surface area contributed by atoms with E-state index in [1.165, 1.54) is 31.6 Å². The maximum Gasteiger partial charge on any atom is 0.147 e. The summed E-state index contributed by atoms with van der Waals surface area (Å²) in [7, 11) is 1.50. The molecule has 1 aromatic carbocycles. The van der Waals surface area contributed by atoms with Crippen molar-refractivity contribution in [3.05, 3.63) is 47.4 Å². The first-order valence-corrected chi connectivity index (χ1v) is 6.35. The van der Waals surface area contributed by atoms with Crippen LogP contribution in [0.4, 0.5) is 8.78 Å². The van der Waals surface area contributed by atoms with Gasteiger partial charge in [-0.1, -0.05) is 11.2 Å². The average Bonchev–Trinajstić information content (AvgIpc) is 3.19. The molecule has 1 fully saturated rings. The van der Waals surface area contributed by atoms with Gasteiger partial charge in [-0.3, -0.25) is 0 Å². The van der Waals surface area contributed by atoms with Gasteiger partial charge in [-0.15, -0.1) is 0 Å². The Kier molecular flexibility index (Phi) is 3.26. The van der Waals surface area contributed by atoms with Crippen molar-refractivity contribution in [1.82, 2.24) is 5.16 Å². The molecule has 1 aliphatic rings. The monoisotopic (exact) mass is 277 g/mol. The van der Waals surface area contributed by atoms with Crippen LogP contribution in [0.25, 0.3) is 17.3 Å². The molecule has 0 unspecified atom stereocenters. The van der Waals surface area contributed by atoms with Crippen molar-refractivity contribution in [2.75, 3.05) is 7.11 Å². The summed E-state index contributed by atoms with van der Waals surface area (Å²) in [6, 6.07) is 3.72. The normalized spacial score (nSPS) is 14.9. The topological polar surface area (TPSA) is 35.3 Å². The summed E-state index contributed by atoms with van der Waals surface area (Å²) in [6.07, 6.45) is 5.08. The van der Waals surface area contributed by atoms with Crippen LogP contribution in [0.2, 0.25) is 0 Å². The van der Waals surface area contributed by atoms with E-state index in [0.717, 1.165) is 12.8 Å². The number of aromatic nitrogens is 1. The Hall–Kier alpha value is -2.17. The van der Waals surface area contributed by atoms with Gasteiger partial charge < -0.3 is 9.26 Å². The Morgan fingerprint density at radius 2 is 2.00 bits per heavy atom. The van der Waals surface area contributed by atoms with Crippen molar-refractivity contribution in [3.63, 3.8) is 0 Å². The highest BCUT2D eigenvalue weighted by molar-refractivity contribution is 5.73. The quantitative estimate of drug-likeness (QED) is 0.789. The van der Waals surface area contributed by atoms with E-state index < -0.39 is 11.6 Å². The van der Waals surface area contributed by atoms with E-state index in [4.69, 9.17) is 9.26 Å². The van der Waals surface area contributed by atoms with E-state index >= 15 is 0 Å². The number of methoxy groups -OCH3 is 1. The van der Waals surface area contributed by atoms with Crippen molar-refractivity contribution >= 4 is 6.08 Å². The second kappa shape index (κ2) is 5.07. The molecule has 0 bridgehead atoms. The zero-order chi connectivity index (χ0) is 14.1. The lowest BCUT2D eigenvalue weighted by molar-refractivity contribution is 0.341. The van der Waals surface area contributed by atoms with E-state index in [0.29, 0.717) is 11.3 Å². The van der Waals surface area contributed by atoms with Crippen molar-refractivity contribution in [3.8, 4) is 11.3 Å². The third-order valence-corrected chi connectivity index (χ3v) is 3.27. The highest BCUT2D eigenvalue weighted by atomic mass is 19.1. The largest absolute Gasteiger partial charge is 0.504 e. The predicted octanol–water partition coefficient (Wildman–Crippen LogP) is 4.11. The summed E-state index contributed by atoms with van der Waals surface area (Å²) in [5, 5.41) is 3.86. The van der Waals surface area contributed by atoms with Crippen LogP contribution in [0, 0.1) is 11.6 Å². The van der Waals surface area contributed by atoms with Crippen LogP contribution in [0.15, 0.2) is 29.0 Å². The molecule has 3 nitrogen and oxygen atoms in total. The molecule has 3 rings (SSSR count). The SMILES string of the molecule is CO/C=C/c1c(-c2c(F)cccc2F)noc1C1CC1. The minimum Gasteiger partial charge on any atom is -0.504 e. The highest BCUT2D eigenvalue weighted by Gasteiger charge is 2.32. The zero-order valence-corrected chi connectivity index (χ0v) is 10.9.